The third-order valence-corrected chi connectivity index (χ3v) is 3.61. The van der Waals surface area contributed by atoms with Gasteiger partial charge in [-0.3, -0.25) is 4.79 Å². The molecule has 84 valence electrons. The first-order valence-corrected chi connectivity index (χ1v) is 4.80. The molecular weight excluding hydrogens is 200 g/mol. The van der Waals surface area contributed by atoms with Gasteiger partial charge in [0.15, 0.2) is 0 Å². The fraction of sp³-hybridized carbons (Fsp3) is 0.778. The summed E-state index contributed by atoms with van der Waals surface area (Å²) in [4.78, 5) is 23.7. The van der Waals surface area contributed by atoms with Crippen LogP contribution in [0.15, 0.2) is 0 Å². The molecule has 1 amide bonds. The monoisotopic (exact) mass is 214 g/mol. The molecule has 3 N–H and O–H groups in total. The molecule has 1 aliphatic heterocycles. The summed E-state index contributed by atoms with van der Waals surface area (Å²) in [6.07, 6.45) is 0.680. The number of carboxylic acids is 1. The Bertz CT molecular complexity index is 332. The summed E-state index contributed by atoms with van der Waals surface area (Å²) in [6, 6.07) is 0. The van der Waals surface area contributed by atoms with Crippen LogP contribution in [0.5, 0.6) is 0 Å². The van der Waals surface area contributed by atoms with Crippen LogP contribution in [-0.4, -0.2) is 47.8 Å². The Morgan fingerprint density at radius 1 is 1.53 bits per heavy atom. The normalized spacial score (nSPS) is 38.1. The largest absolute Gasteiger partial charge is 0.480 e. The van der Waals surface area contributed by atoms with E-state index in [1.54, 1.807) is 0 Å². The lowest BCUT2D eigenvalue weighted by atomic mass is 9.99. The topological polar surface area (TPSA) is 92.9 Å². The smallest absolute Gasteiger partial charge is 0.409 e. The Morgan fingerprint density at radius 2 is 2.20 bits per heavy atom. The molecule has 2 unspecified atom stereocenters. The Labute approximate surface area is 87.0 Å². The van der Waals surface area contributed by atoms with E-state index in [0.29, 0.717) is 25.9 Å². The minimum absolute atomic E-state index is 0.391. The number of hydrogen-bond donors (Lipinski definition) is 2. The SMILES string of the molecule is COC(=O)N1CCC2(C1)CC2(N)C(=O)O. The van der Waals surface area contributed by atoms with Gasteiger partial charge < -0.3 is 20.5 Å². The summed E-state index contributed by atoms with van der Waals surface area (Å²) < 4.78 is 4.58. The van der Waals surface area contributed by atoms with E-state index in [1.807, 2.05) is 0 Å². The highest BCUT2D eigenvalue weighted by Gasteiger charge is 2.72. The van der Waals surface area contributed by atoms with Gasteiger partial charge in [-0.1, -0.05) is 0 Å². The van der Waals surface area contributed by atoms with Crippen LogP contribution >= 0.6 is 0 Å². The first-order valence-electron chi connectivity index (χ1n) is 4.80. The van der Waals surface area contributed by atoms with E-state index >= 15 is 0 Å². The number of amides is 1. The van der Waals surface area contributed by atoms with E-state index in [4.69, 9.17) is 10.8 Å². The van der Waals surface area contributed by atoms with Crippen LogP contribution in [0, 0.1) is 5.41 Å². The fourth-order valence-corrected chi connectivity index (χ4v) is 2.46. The van der Waals surface area contributed by atoms with E-state index in [-0.39, 0.29) is 0 Å². The molecule has 0 radical (unpaired) electrons. The van der Waals surface area contributed by atoms with Crippen LogP contribution in [0.2, 0.25) is 0 Å². The number of hydrogen-bond acceptors (Lipinski definition) is 4. The molecule has 0 bridgehead atoms. The predicted octanol–water partition coefficient (Wildman–Crippen LogP) is -0.369. The van der Waals surface area contributed by atoms with Gasteiger partial charge in [0, 0.05) is 18.5 Å². The van der Waals surface area contributed by atoms with Crippen molar-refractivity contribution in [3.63, 3.8) is 0 Å². The number of carbonyl (C=O) groups excluding carboxylic acids is 1. The summed E-state index contributed by atoms with van der Waals surface area (Å²) in [6.45, 7) is 0.918. The number of ether oxygens (including phenoxy) is 1. The van der Waals surface area contributed by atoms with E-state index in [0.717, 1.165) is 0 Å². The van der Waals surface area contributed by atoms with Crippen LogP contribution in [0.3, 0.4) is 0 Å². The van der Waals surface area contributed by atoms with Gasteiger partial charge in [0.05, 0.1) is 7.11 Å². The van der Waals surface area contributed by atoms with E-state index in [9.17, 15) is 9.59 Å². The van der Waals surface area contributed by atoms with E-state index in [2.05, 4.69) is 4.74 Å². The zero-order valence-corrected chi connectivity index (χ0v) is 8.52. The lowest BCUT2D eigenvalue weighted by molar-refractivity contribution is -0.140. The van der Waals surface area contributed by atoms with Crippen LogP contribution in [0.4, 0.5) is 4.79 Å². The molecule has 15 heavy (non-hydrogen) atoms. The molecule has 1 saturated heterocycles. The predicted molar refractivity (Wildman–Crippen MR) is 50.2 cm³/mol. The van der Waals surface area contributed by atoms with Gasteiger partial charge in [-0.2, -0.15) is 0 Å². The number of nitrogens with zero attached hydrogens (tertiary/aromatic N) is 1. The number of likely N-dealkylation sites (tertiary alicyclic amines) is 1. The second kappa shape index (κ2) is 2.85. The minimum Gasteiger partial charge on any atom is -0.480 e. The molecule has 6 heteroatoms. The van der Waals surface area contributed by atoms with Crippen molar-refractivity contribution < 1.29 is 19.4 Å². The molecule has 2 rings (SSSR count). The zero-order valence-electron chi connectivity index (χ0n) is 8.52. The number of nitrogens with two attached hydrogens (primary N) is 1. The van der Waals surface area contributed by atoms with E-state index < -0.39 is 23.0 Å². The molecule has 0 aromatic carbocycles. The van der Waals surface area contributed by atoms with Crippen LogP contribution < -0.4 is 5.73 Å². The highest BCUT2D eigenvalue weighted by molar-refractivity contribution is 5.85. The highest BCUT2D eigenvalue weighted by Crippen LogP contribution is 2.60. The van der Waals surface area contributed by atoms with Crippen molar-refractivity contribution in [3.8, 4) is 0 Å². The molecule has 1 spiro atoms. The minimum atomic E-state index is -1.14. The van der Waals surface area contributed by atoms with Gasteiger partial charge in [0.2, 0.25) is 0 Å². The maximum absolute atomic E-state index is 11.2. The zero-order chi connectivity index (χ0) is 11.3. The van der Waals surface area contributed by atoms with Crippen molar-refractivity contribution in [2.75, 3.05) is 20.2 Å². The Kier molecular flexibility index (Phi) is 1.94. The van der Waals surface area contributed by atoms with Crippen molar-refractivity contribution in [3.05, 3.63) is 0 Å². The maximum atomic E-state index is 11.2. The van der Waals surface area contributed by atoms with Crippen molar-refractivity contribution >= 4 is 12.1 Å². The quantitative estimate of drug-likeness (QED) is 0.621. The number of rotatable bonds is 1. The average molecular weight is 214 g/mol. The molecular formula is C9H14N2O4. The second-order valence-corrected chi connectivity index (χ2v) is 4.38. The summed E-state index contributed by atoms with van der Waals surface area (Å²) in [5, 5.41) is 8.96. The Morgan fingerprint density at radius 3 is 2.67 bits per heavy atom. The lowest BCUT2D eigenvalue weighted by Crippen LogP contribution is -2.41. The molecule has 1 heterocycles. The Hall–Kier alpha value is -1.30. The van der Waals surface area contributed by atoms with Gasteiger partial charge >= 0.3 is 12.1 Å². The van der Waals surface area contributed by atoms with Gasteiger partial charge in [0.1, 0.15) is 5.54 Å². The molecule has 2 fully saturated rings. The maximum Gasteiger partial charge on any atom is 0.409 e. The van der Waals surface area contributed by atoms with E-state index in [1.165, 1.54) is 12.0 Å². The highest BCUT2D eigenvalue weighted by atomic mass is 16.5. The molecule has 2 aliphatic rings. The van der Waals surface area contributed by atoms with Gasteiger partial charge in [-0.25, -0.2) is 4.79 Å². The van der Waals surface area contributed by atoms with Gasteiger partial charge in [0.25, 0.3) is 0 Å². The summed E-state index contributed by atoms with van der Waals surface area (Å²) in [5.74, 6) is -0.978. The van der Waals surface area contributed by atoms with Crippen LogP contribution in [0.1, 0.15) is 12.8 Å². The number of carbonyl (C=O) groups is 2. The van der Waals surface area contributed by atoms with Crippen molar-refractivity contribution in [2.24, 2.45) is 11.1 Å². The average Bonchev–Trinajstić information content (AvgIpc) is 2.59. The molecule has 6 nitrogen and oxygen atoms in total. The molecule has 0 aromatic rings. The fourth-order valence-electron chi connectivity index (χ4n) is 2.46. The molecule has 1 aliphatic carbocycles. The molecule has 1 saturated carbocycles. The molecule has 0 aromatic heterocycles. The Balaban J connectivity index is 2.06. The molecule has 2 atom stereocenters. The van der Waals surface area contributed by atoms with Crippen molar-refractivity contribution in [1.29, 1.82) is 0 Å². The third kappa shape index (κ3) is 1.21. The summed E-state index contributed by atoms with van der Waals surface area (Å²) in [7, 11) is 1.31. The third-order valence-electron chi connectivity index (χ3n) is 3.61. The van der Waals surface area contributed by atoms with Crippen LogP contribution in [-0.2, 0) is 9.53 Å². The van der Waals surface area contributed by atoms with Gasteiger partial charge in [-0.05, 0) is 12.8 Å². The first-order chi connectivity index (χ1) is 6.95. The number of methoxy groups -OCH3 is 1. The van der Waals surface area contributed by atoms with Crippen molar-refractivity contribution in [1.82, 2.24) is 4.90 Å². The van der Waals surface area contributed by atoms with Crippen molar-refractivity contribution in [2.45, 2.75) is 18.4 Å². The second-order valence-electron chi connectivity index (χ2n) is 4.38. The summed E-state index contributed by atoms with van der Waals surface area (Å²) in [5.41, 5.74) is 4.19. The number of carboxylic acid groups (broad SMARTS) is 1. The van der Waals surface area contributed by atoms with Gasteiger partial charge in [-0.15, -0.1) is 0 Å². The summed E-state index contributed by atoms with van der Waals surface area (Å²) >= 11 is 0. The standard InChI is InChI=1S/C9H14N2O4/c1-15-7(14)11-3-2-8(5-11)4-9(8,10)6(12)13/h2-5,10H2,1H3,(H,12,13). The number of aliphatic carboxylic acids is 1. The lowest BCUT2D eigenvalue weighted by Gasteiger charge is -2.16. The first kappa shape index (κ1) is 10.2. The van der Waals surface area contributed by atoms with Crippen LogP contribution in [0.25, 0.3) is 0 Å².